The van der Waals surface area contributed by atoms with Gasteiger partial charge >= 0.3 is 5.95 Å². The van der Waals surface area contributed by atoms with E-state index in [4.69, 9.17) is 9.15 Å². The molecule has 7 nitrogen and oxygen atoms in total. The van der Waals surface area contributed by atoms with Crippen molar-refractivity contribution in [2.75, 3.05) is 11.9 Å². The van der Waals surface area contributed by atoms with Crippen LogP contribution in [0.5, 0.6) is 5.95 Å². The third kappa shape index (κ3) is 4.76. The topological polar surface area (TPSA) is 90.4 Å². The highest BCUT2D eigenvalue weighted by atomic mass is 19.1. The number of nitrogens with zero attached hydrogens (tertiary/aromatic N) is 2. The SMILES string of the molecule is CCOc1oc([C@H](Nc2ccc(F)cc2)C(C)(C)C)nc1-c1ccc([N+](=O)[O-])cc1. The lowest BCUT2D eigenvalue weighted by atomic mass is 9.86. The molecule has 30 heavy (non-hydrogen) atoms. The number of nitro benzene ring substituents is 1. The van der Waals surface area contributed by atoms with Gasteiger partial charge in [-0.05, 0) is 48.7 Å². The zero-order chi connectivity index (χ0) is 21.9. The molecule has 0 saturated carbocycles. The molecule has 8 heteroatoms. The first-order valence-corrected chi connectivity index (χ1v) is 9.59. The maximum atomic E-state index is 13.3. The van der Waals surface area contributed by atoms with Gasteiger partial charge in [-0.1, -0.05) is 20.8 Å². The van der Waals surface area contributed by atoms with Crippen LogP contribution in [0.1, 0.15) is 39.6 Å². The number of anilines is 1. The van der Waals surface area contributed by atoms with Crippen LogP contribution < -0.4 is 10.1 Å². The van der Waals surface area contributed by atoms with Crippen molar-refractivity contribution in [1.82, 2.24) is 4.98 Å². The molecule has 1 N–H and O–H groups in total. The van der Waals surface area contributed by atoms with Gasteiger partial charge in [0.2, 0.25) is 5.89 Å². The van der Waals surface area contributed by atoms with Gasteiger partial charge < -0.3 is 14.5 Å². The number of nitro groups is 1. The van der Waals surface area contributed by atoms with Crippen LogP contribution in [-0.4, -0.2) is 16.5 Å². The molecular weight excluding hydrogens is 389 g/mol. The van der Waals surface area contributed by atoms with E-state index >= 15 is 0 Å². The molecular formula is C22H24FN3O4. The lowest BCUT2D eigenvalue weighted by molar-refractivity contribution is -0.384. The van der Waals surface area contributed by atoms with E-state index in [0.717, 1.165) is 5.69 Å². The number of ether oxygens (including phenoxy) is 1. The average Bonchev–Trinajstić information content (AvgIpc) is 3.10. The van der Waals surface area contributed by atoms with Gasteiger partial charge in [-0.15, -0.1) is 0 Å². The van der Waals surface area contributed by atoms with E-state index < -0.39 is 4.92 Å². The number of aromatic nitrogens is 1. The van der Waals surface area contributed by atoms with E-state index in [1.165, 1.54) is 24.3 Å². The molecule has 0 spiro atoms. The minimum absolute atomic E-state index is 0.00836. The van der Waals surface area contributed by atoms with Crippen LogP contribution >= 0.6 is 0 Å². The van der Waals surface area contributed by atoms with E-state index in [1.807, 2.05) is 27.7 Å². The summed E-state index contributed by atoms with van der Waals surface area (Å²) in [7, 11) is 0. The molecule has 0 radical (unpaired) electrons. The first-order valence-electron chi connectivity index (χ1n) is 9.59. The summed E-state index contributed by atoms with van der Waals surface area (Å²) < 4.78 is 24.9. The number of halogens is 1. The van der Waals surface area contributed by atoms with Gasteiger partial charge in [0.15, 0.2) is 5.69 Å². The summed E-state index contributed by atoms with van der Waals surface area (Å²) in [4.78, 5) is 15.1. The molecule has 1 aromatic heterocycles. The highest BCUT2D eigenvalue weighted by Crippen LogP contribution is 2.40. The number of rotatable bonds is 7. The van der Waals surface area contributed by atoms with E-state index in [1.54, 1.807) is 24.3 Å². The van der Waals surface area contributed by atoms with Crippen molar-refractivity contribution in [3.05, 3.63) is 70.4 Å². The molecule has 1 heterocycles. The summed E-state index contributed by atoms with van der Waals surface area (Å²) in [5, 5.41) is 14.3. The molecule has 0 saturated heterocycles. The zero-order valence-electron chi connectivity index (χ0n) is 17.3. The summed E-state index contributed by atoms with van der Waals surface area (Å²) >= 11 is 0. The molecule has 0 aliphatic heterocycles. The number of benzene rings is 2. The lowest BCUT2D eigenvalue weighted by Crippen LogP contribution is -2.26. The number of hydrogen-bond acceptors (Lipinski definition) is 6. The Hall–Kier alpha value is -3.42. The van der Waals surface area contributed by atoms with Crippen molar-refractivity contribution < 1.29 is 18.5 Å². The highest BCUT2D eigenvalue weighted by Gasteiger charge is 2.32. The first-order chi connectivity index (χ1) is 14.2. The van der Waals surface area contributed by atoms with Crippen LogP contribution in [0, 0.1) is 21.3 Å². The van der Waals surface area contributed by atoms with Crippen LogP contribution in [0.25, 0.3) is 11.3 Å². The minimum atomic E-state index is -0.455. The summed E-state index contributed by atoms with van der Waals surface area (Å²) in [6.07, 6.45) is 0. The van der Waals surface area contributed by atoms with Gasteiger partial charge in [-0.2, -0.15) is 0 Å². The Balaban J connectivity index is 2.00. The summed E-state index contributed by atoms with van der Waals surface area (Å²) in [6.45, 7) is 8.30. The zero-order valence-corrected chi connectivity index (χ0v) is 17.3. The van der Waals surface area contributed by atoms with Crippen LogP contribution in [0.3, 0.4) is 0 Å². The lowest BCUT2D eigenvalue weighted by Gasteiger charge is -2.29. The molecule has 3 rings (SSSR count). The Morgan fingerprint density at radius 3 is 2.33 bits per heavy atom. The van der Waals surface area contributed by atoms with Gasteiger partial charge in [0.1, 0.15) is 11.9 Å². The smallest absolute Gasteiger partial charge is 0.313 e. The van der Waals surface area contributed by atoms with E-state index in [9.17, 15) is 14.5 Å². The molecule has 0 unspecified atom stereocenters. The third-order valence-electron chi connectivity index (χ3n) is 4.51. The molecule has 0 aliphatic rings. The van der Waals surface area contributed by atoms with Gasteiger partial charge in [0, 0.05) is 23.4 Å². The quantitative estimate of drug-likeness (QED) is 0.378. The van der Waals surface area contributed by atoms with Crippen LogP contribution in [-0.2, 0) is 0 Å². The van der Waals surface area contributed by atoms with Crippen LogP contribution in [0.15, 0.2) is 52.9 Å². The number of nitrogens with one attached hydrogen (secondary N) is 1. The first kappa shape index (κ1) is 21.3. The van der Waals surface area contributed by atoms with E-state index in [-0.39, 0.29) is 28.9 Å². The maximum absolute atomic E-state index is 13.3. The van der Waals surface area contributed by atoms with E-state index in [2.05, 4.69) is 10.3 Å². The standard InChI is InChI=1S/C22H24FN3O4/c1-5-29-21-18(14-6-12-17(13-7-14)26(27)28)25-20(30-21)19(22(2,3)4)24-16-10-8-15(23)9-11-16/h6-13,19,24H,5H2,1-4H3/t19-/m0/s1. The number of hydrogen-bond donors (Lipinski definition) is 1. The van der Waals surface area contributed by atoms with Crippen molar-refractivity contribution >= 4 is 11.4 Å². The van der Waals surface area contributed by atoms with E-state index in [0.29, 0.717) is 23.8 Å². The Labute approximate surface area is 174 Å². The second-order valence-electron chi connectivity index (χ2n) is 7.88. The fraction of sp³-hybridized carbons (Fsp3) is 0.318. The van der Waals surface area contributed by atoms with Gasteiger partial charge in [-0.25, -0.2) is 9.37 Å². The second-order valence-corrected chi connectivity index (χ2v) is 7.88. The van der Waals surface area contributed by atoms with Gasteiger partial charge in [0.05, 0.1) is 11.5 Å². The fourth-order valence-corrected chi connectivity index (χ4v) is 2.96. The molecule has 0 aliphatic carbocycles. The monoisotopic (exact) mass is 413 g/mol. The Bertz CT molecular complexity index is 1010. The van der Waals surface area contributed by atoms with Crippen LogP contribution in [0.2, 0.25) is 0 Å². The predicted octanol–water partition coefficient (Wildman–Crippen LogP) is 5.99. The van der Waals surface area contributed by atoms with Crippen molar-refractivity contribution in [3.63, 3.8) is 0 Å². The van der Waals surface area contributed by atoms with Crippen molar-refractivity contribution in [1.29, 1.82) is 0 Å². The van der Waals surface area contributed by atoms with Gasteiger partial charge in [-0.3, -0.25) is 10.1 Å². The Morgan fingerprint density at radius 1 is 1.17 bits per heavy atom. The maximum Gasteiger partial charge on any atom is 0.313 e. The summed E-state index contributed by atoms with van der Waals surface area (Å²) in [6, 6.07) is 11.8. The largest absolute Gasteiger partial charge is 0.464 e. The second kappa shape index (κ2) is 8.52. The molecule has 158 valence electrons. The Kier molecular flexibility index (Phi) is 6.05. The molecule has 2 aromatic carbocycles. The Morgan fingerprint density at radius 2 is 1.80 bits per heavy atom. The number of non-ortho nitro benzene ring substituents is 1. The van der Waals surface area contributed by atoms with Crippen molar-refractivity contribution in [2.24, 2.45) is 5.41 Å². The van der Waals surface area contributed by atoms with Crippen LogP contribution in [0.4, 0.5) is 15.8 Å². The average molecular weight is 413 g/mol. The summed E-state index contributed by atoms with van der Waals surface area (Å²) in [5.41, 5.74) is 1.54. The predicted molar refractivity (Wildman–Crippen MR) is 112 cm³/mol. The number of oxazole rings is 1. The highest BCUT2D eigenvalue weighted by molar-refractivity contribution is 5.65. The van der Waals surface area contributed by atoms with Crippen molar-refractivity contribution in [2.45, 2.75) is 33.7 Å². The molecule has 3 aromatic rings. The minimum Gasteiger partial charge on any atom is -0.464 e. The fourth-order valence-electron chi connectivity index (χ4n) is 2.96. The molecule has 1 atom stereocenters. The third-order valence-corrected chi connectivity index (χ3v) is 4.51. The molecule has 0 amide bonds. The summed E-state index contributed by atoms with van der Waals surface area (Å²) in [5.74, 6) is 0.336. The normalized spacial score (nSPS) is 12.4. The molecule has 0 bridgehead atoms. The van der Waals surface area contributed by atoms with Crippen molar-refractivity contribution in [3.8, 4) is 17.2 Å². The van der Waals surface area contributed by atoms with Gasteiger partial charge in [0.25, 0.3) is 5.69 Å². The molecule has 0 fully saturated rings.